The van der Waals surface area contributed by atoms with Gasteiger partial charge < -0.3 is 5.32 Å². The van der Waals surface area contributed by atoms with Crippen molar-refractivity contribution in [3.05, 3.63) is 50.1 Å². The largest absolute Gasteiger partial charge is 0.356 e. The Morgan fingerprint density at radius 2 is 2.14 bits per heavy atom. The third kappa shape index (κ3) is 3.49. The van der Waals surface area contributed by atoms with E-state index in [2.05, 4.69) is 18.3 Å². The molecule has 1 aliphatic rings. The van der Waals surface area contributed by atoms with Gasteiger partial charge in [0.25, 0.3) is 5.56 Å². The lowest BCUT2D eigenvalue weighted by atomic mass is 10.1. The van der Waals surface area contributed by atoms with Gasteiger partial charge in [0.2, 0.25) is 5.91 Å². The molecule has 2 aromatic heterocycles. The average Bonchev–Trinajstić information content (AvgIpc) is 3.20. The summed E-state index contributed by atoms with van der Waals surface area (Å²) in [6.45, 7) is 6.13. The summed E-state index contributed by atoms with van der Waals surface area (Å²) in [5, 5.41) is 4.29. The number of nitrogens with one attached hydrogen (secondary N) is 1. The van der Waals surface area contributed by atoms with Crippen LogP contribution in [0.25, 0.3) is 15.9 Å². The van der Waals surface area contributed by atoms with Crippen molar-refractivity contribution in [1.82, 2.24) is 14.9 Å². The van der Waals surface area contributed by atoms with Gasteiger partial charge in [-0.1, -0.05) is 29.5 Å². The van der Waals surface area contributed by atoms with Crippen molar-refractivity contribution >= 4 is 39.2 Å². The molecule has 0 saturated heterocycles. The molecule has 0 saturated carbocycles. The van der Waals surface area contributed by atoms with Gasteiger partial charge in [0.1, 0.15) is 4.83 Å². The van der Waals surface area contributed by atoms with Crippen LogP contribution in [0.2, 0.25) is 0 Å². The Bertz CT molecular complexity index is 1130. The van der Waals surface area contributed by atoms with Crippen molar-refractivity contribution in [2.45, 2.75) is 45.2 Å². The first-order chi connectivity index (χ1) is 13.5. The SMILES string of the molecule is CC(=O)NCCSc1nc2sc3c(c2c(=O)n1-c1ccc(C)cc1C)CCC3. The van der Waals surface area contributed by atoms with Crippen LogP contribution in [0.5, 0.6) is 0 Å². The van der Waals surface area contributed by atoms with Gasteiger partial charge in [-0.2, -0.15) is 0 Å². The molecule has 1 amide bonds. The maximum Gasteiger partial charge on any atom is 0.267 e. The fourth-order valence-electron chi connectivity index (χ4n) is 3.76. The number of hydrogen-bond acceptors (Lipinski definition) is 5. The Balaban J connectivity index is 1.86. The predicted octanol–water partition coefficient (Wildman–Crippen LogP) is 3.78. The molecule has 146 valence electrons. The summed E-state index contributed by atoms with van der Waals surface area (Å²) in [4.78, 5) is 31.8. The molecule has 0 bridgehead atoms. The molecule has 0 spiro atoms. The van der Waals surface area contributed by atoms with Crippen LogP contribution in [0, 0.1) is 13.8 Å². The third-order valence-corrected chi connectivity index (χ3v) is 7.13. The van der Waals surface area contributed by atoms with E-state index in [1.165, 1.54) is 34.7 Å². The van der Waals surface area contributed by atoms with Crippen molar-refractivity contribution < 1.29 is 4.79 Å². The first kappa shape index (κ1) is 19.2. The van der Waals surface area contributed by atoms with Crippen molar-refractivity contribution in [2.75, 3.05) is 12.3 Å². The Morgan fingerprint density at radius 1 is 1.32 bits per heavy atom. The van der Waals surface area contributed by atoms with Crippen LogP contribution >= 0.6 is 23.1 Å². The Labute approximate surface area is 172 Å². The van der Waals surface area contributed by atoms with Crippen LogP contribution in [0.15, 0.2) is 28.2 Å². The molecule has 1 aromatic carbocycles. The highest BCUT2D eigenvalue weighted by Crippen LogP contribution is 2.36. The normalized spacial score (nSPS) is 13.1. The number of aromatic nitrogens is 2. The highest BCUT2D eigenvalue weighted by atomic mass is 32.2. The molecule has 4 rings (SSSR count). The number of thiophene rings is 1. The van der Waals surface area contributed by atoms with Crippen LogP contribution in [-0.4, -0.2) is 27.8 Å². The number of nitrogens with zero attached hydrogens (tertiary/aromatic N) is 2. The van der Waals surface area contributed by atoms with E-state index in [1.54, 1.807) is 15.9 Å². The lowest BCUT2D eigenvalue weighted by Crippen LogP contribution is -2.25. The van der Waals surface area contributed by atoms with E-state index in [-0.39, 0.29) is 11.5 Å². The Morgan fingerprint density at radius 3 is 2.89 bits per heavy atom. The summed E-state index contributed by atoms with van der Waals surface area (Å²) in [5.74, 6) is 0.610. The topological polar surface area (TPSA) is 64.0 Å². The lowest BCUT2D eigenvalue weighted by Gasteiger charge is -2.15. The minimum Gasteiger partial charge on any atom is -0.356 e. The molecule has 0 fully saturated rings. The van der Waals surface area contributed by atoms with Gasteiger partial charge in [-0.25, -0.2) is 4.98 Å². The minimum absolute atomic E-state index is 0.0263. The van der Waals surface area contributed by atoms with Crippen molar-refractivity contribution in [1.29, 1.82) is 0 Å². The number of amides is 1. The number of benzene rings is 1. The molecule has 1 N–H and O–H groups in total. The van der Waals surface area contributed by atoms with Crippen LogP contribution in [0.3, 0.4) is 0 Å². The highest BCUT2D eigenvalue weighted by Gasteiger charge is 2.24. The van der Waals surface area contributed by atoms with Crippen molar-refractivity contribution in [3.63, 3.8) is 0 Å². The predicted molar refractivity (Wildman–Crippen MR) is 116 cm³/mol. The highest BCUT2D eigenvalue weighted by molar-refractivity contribution is 7.99. The van der Waals surface area contributed by atoms with Gasteiger partial charge in [0.15, 0.2) is 5.16 Å². The van der Waals surface area contributed by atoms with E-state index in [4.69, 9.17) is 4.98 Å². The molecule has 0 unspecified atom stereocenters. The van der Waals surface area contributed by atoms with E-state index < -0.39 is 0 Å². The molecule has 3 aromatic rings. The first-order valence-corrected chi connectivity index (χ1v) is 11.3. The molecule has 0 aliphatic heterocycles. The maximum absolute atomic E-state index is 13.6. The summed E-state index contributed by atoms with van der Waals surface area (Å²) < 4.78 is 1.76. The number of carbonyl (C=O) groups excluding carboxylic acids is 1. The van der Waals surface area contributed by atoms with Crippen molar-refractivity contribution in [2.24, 2.45) is 0 Å². The number of carbonyl (C=O) groups is 1. The fraction of sp³-hybridized carbons (Fsp3) is 0.381. The number of aryl methyl sites for hydroxylation is 4. The zero-order valence-corrected chi connectivity index (χ0v) is 17.9. The van der Waals surface area contributed by atoms with Crippen LogP contribution in [0.1, 0.15) is 34.9 Å². The smallest absolute Gasteiger partial charge is 0.267 e. The molecule has 0 atom stereocenters. The van der Waals surface area contributed by atoms with Gasteiger partial charge in [-0.3, -0.25) is 14.2 Å². The van der Waals surface area contributed by atoms with Crippen LogP contribution < -0.4 is 10.9 Å². The van der Waals surface area contributed by atoms with Gasteiger partial charge in [-0.15, -0.1) is 11.3 Å². The lowest BCUT2D eigenvalue weighted by molar-refractivity contribution is -0.118. The molecular formula is C21H23N3O2S2. The van der Waals surface area contributed by atoms with Crippen LogP contribution in [-0.2, 0) is 17.6 Å². The molecule has 5 nitrogen and oxygen atoms in total. The fourth-order valence-corrected chi connectivity index (χ4v) is 5.92. The summed E-state index contributed by atoms with van der Waals surface area (Å²) in [6.07, 6.45) is 3.13. The summed E-state index contributed by atoms with van der Waals surface area (Å²) in [5.41, 5.74) is 4.33. The zero-order valence-electron chi connectivity index (χ0n) is 16.3. The van der Waals surface area contributed by atoms with E-state index in [0.29, 0.717) is 17.5 Å². The first-order valence-electron chi connectivity index (χ1n) is 9.48. The summed E-state index contributed by atoms with van der Waals surface area (Å²) >= 11 is 3.17. The maximum atomic E-state index is 13.6. The average molecular weight is 414 g/mol. The van der Waals surface area contributed by atoms with Gasteiger partial charge in [0, 0.05) is 24.1 Å². The molecule has 0 radical (unpaired) electrons. The number of hydrogen-bond donors (Lipinski definition) is 1. The third-order valence-electron chi connectivity index (χ3n) is 5.01. The standard InChI is InChI=1S/C21H23N3O2S2/c1-12-7-8-16(13(2)11-12)24-20(26)18-15-5-4-6-17(15)28-19(18)23-21(24)27-10-9-22-14(3)25/h7-8,11H,4-6,9-10H2,1-3H3,(H,22,25). The molecule has 28 heavy (non-hydrogen) atoms. The van der Waals surface area contributed by atoms with Gasteiger partial charge >= 0.3 is 0 Å². The molecule has 2 heterocycles. The molecule has 7 heteroatoms. The Hall–Kier alpha value is -2.12. The van der Waals surface area contributed by atoms with Crippen molar-refractivity contribution in [3.8, 4) is 5.69 Å². The van der Waals surface area contributed by atoms with E-state index in [9.17, 15) is 9.59 Å². The number of fused-ring (bicyclic) bond motifs is 3. The molecule has 1 aliphatic carbocycles. The van der Waals surface area contributed by atoms with Gasteiger partial charge in [-0.05, 0) is 50.3 Å². The second-order valence-corrected chi connectivity index (χ2v) is 9.34. The van der Waals surface area contributed by atoms with E-state index in [1.807, 2.05) is 19.1 Å². The zero-order chi connectivity index (χ0) is 19.8. The second-order valence-electron chi connectivity index (χ2n) is 7.19. The van der Waals surface area contributed by atoms with Gasteiger partial charge in [0.05, 0.1) is 11.1 Å². The minimum atomic E-state index is -0.0505. The summed E-state index contributed by atoms with van der Waals surface area (Å²) in [6, 6.07) is 6.13. The van der Waals surface area contributed by atoms with E-state index >= 15 is 0 Å². The number of rotatable bonds is 5. The Kier molecular flexibility index (Phi) is 5.29. The second kappa shape index (κ2) is 7.72. The summed E-state index contributed by atoms with van der Waals surface area (Å²) in [7, 11) is 0. The van der Waals surface area contributed by atoms with Crippen LogP contribution in [0.4, 0.5) is 0 Å². The molecular weight excluding hydrogens is 390 g/mol. The quantitative estimate of drug-likeness (QED) is 0.393. The number of thioether (sulfide) groups is 1. The van der Waals surface area contributed by atoms with E-state index in [0.717, 1.165) is 40.7 Å². The monoisotopic (exact) mass is 413 g/mol.